The number of likely N-dealkylation sites (tertiary alicyclic amines) is 1. The number of carbonyl (C=O) groups excluding carboxylic acids is 2. The average Bonchev–Trinajstić information content (AvgIpc) is 2.73. The van der Waals surface area contributed by atoms with Crippen molar-refractivity contribution in [1.82, 2.24) is 10.2 Å². The molecule has 2 amide bonds. The largest absolute Gasteiger partial charge is 0.444 e. The molecule has 1 fully saturated rings. The number of hydrogen-bond acceptors (Lipinski definition) is 5. The van der Waals surface area contributed by atoms with Crippen LogP contribution < -0.4 is 5.32 Å². The predicted octanol–water partition coefficient (Wildman–Crippen LogP) is 1.58. The topological polar surface area (TPSA) is 92.8 Å². The summed E-state index contributed by atoms with van der Waals surface area (Å²) in [5.74, 6) is -0.330. The second-order valence-corrected chi connectivity index (χ2v) is 8.25. The van der Waals surface area contributed by atoms with E-state index in [-0.39, 0.29) is 18.9 Å². The Morgan fingerprint density at radius 2 is 2.00 bits per heavy atom. The molecule has 1 saturated heterocycles. The van der Waals surface area contributed by atoms with Crippen LogP contribution in [0.5, 0.6) is 0 Å². The molecule has 9 heteroatoms. The lowest BCUT2D eigenvalue weighted by Crippen LogP contribution is -2.33. The molecule has 0 aromatic heterocycles. The Kier molecular flexibility index (Phi) is 6.79. The second kappa shape index (κ2) is 7.94. The molecule has 0 radical (unpaired) electrons. The predicted molar refractivity (Wildman–Crippen MR) is 83.1 cm³/mol. The highest BCUT2D eigenvalue weighted by Crippen LogP contribution is 2.20. The van der Waals surface area contributed by atoms with Crippen LogP contribution in [0.15, 0.2) is 0 Å². The Morgan fingerprint density at radius 1 is 1.35 bits per heavy atom. The molecule has 1 atom stereocenters. The number of nitrogens with one attached hydrogen (secondary N) is 1. The van der Waals surface area contributed by atoms with Crippen molar-refractivity contribution in [3.63, 3.8) is 0 Å². The maximum atomic E-state index is 12.9. The molecule has 1 rings (SSSR count). The number of rotatable bonds is 7. The highest BCUT2D eigenvalue weighted by Gasteiger charge is 2.37. The van der Waals surface area contributed by atoms with Gasteiger partial charge in [-0.05, 0) is 40.0 Å². The highest BCUT2D eigenvalue weighted by atomic mass is 32.3. The zero-order valence-corrected chi connectivity index (χ0v) is 14.6. The maximum Gasteiger partial charge on any atom is 0.407 e. The van der Waals surface area contributed by atoms with Crippen molar-refractivity contribution >= 4 is 22.2 Å². The minimum Gasteiger partial charge on any atom is -0.444 e. The lowest BCUT2D eigenvalue weighted by molar-refractivity contribution is -0.127. The Bertz CT molecular complexity index is 530. The van der Waals surface area contributed by atoms with Crippen molar-refractivity contribution in [2.45, 2.75) is 57.3 Å². The Balaban J connectivity index is 2.14. The van der Waals surface area contributed by atoms with Crippen LogP contribution in [0.2, 0.25) is 0 Å². The zero-order chi connectivity index (χ0) is 17.7. The van der Waals surface area contributed by atoms with Gasteiger partial charge in [0.2, 0.25) is 5.91 Å². The number of unbranched alkanes of at least 4 members (excludes halogenated alkanes) is 2. The van der Waals surface area contributed by atoms with Gasteiger partial charge in [-0.1, -0.05) is 0 Å². The first-order valence-corrected chi connectivity index (χ1v) is 9.12. The molecular weight excluding hydrogens is 327 g/mol. The van der Waals surface area contributed by atoms with Crippen molar-refractivity contribution in [3.05, 3.63) is 0 Å². The van der Waals surface area contributed by atoms with E-state index in [0.717, 1.165) is 6.42 Å². The van der Waals surface area contributed by atoms with Gasteiger partial charge < -0.3 is 15.0 Å². The lowest BCUT2D eigenvalue weighted by atomic mass is 10.2. The Labute approximate surface area is 136 Å². The molecule has 134 valence electrons. The van der Waals surface area contributed by atoms with E-state index in [0.29, 0.717) is 25.9 Å². The van der Waals surface area contributed by atoms with Crippen LogP contribution in [-0.2, 0) is 19.8 Å². The monoisotopic (exact) mass is 352 g/mol. The van der Waals surface area contributed by atoms with E-state index >= 15 is 0 Å². The molecule has 0 spiro atoms. The summed E-state index contributed by atoms with van der Waals surface area (Å²) in [4.78, 5) is 24.4. The van der Waals surface area contributed by atoms with Crippen LogP contribution in [0, 0.1) is 0 Å². The molecule has 1 aliphatic heterocycles. The SMILES string of the molecule is CC(C)(C)OC(=O)NCCCCCN1CC(S(=O)(=O)F)CC1=O. The van der Waals surface area contributed by atoms with Gasteiger partial charge in [0.1, 0.15) is 10.9 Å². The summed E-state index contributed by atoms with van der Waals surface area (Å²) in [7, 11) is -4.66. The summed E-state index contributed by atoms with van der Waals surface area (Å²) >= 11 is 0. The van der Waals surface area contributed by atoms with E-state index in [1.807, 2.05) is 0 Å². The van der Waals surface area contributed by atoms with Crippen LogP contribution in [-0.4, -0.2) is 55.8 Å². The van der Waals surface area contributed by atoms with Crippen molar-refractivity contribution in [2.75, 3.05) is 19.6 Å². The third-order valence-corrected chi connectivity index (χ3v) is 4.46. The van der Waals surface area contributed by atoms with E-state index in [1.165, 1.54) is 4.90 Å². The summed E-state index contributed by atoms with van der Waals surface area (Å²) in [6.07, 6.45) is 1.39. The molecule has 23 heavy (non-hydrogen) atoms. The van der Waals surface area contributed by atoms with E-state index < -0.39 is 27.2 Å². The van der Waals surface area contributed by atoms with E-state index in [2.05, 4.69) is 5.32 Å². The highest BCUT2D eigenvalue weighted by molar-refractivity contribution is 7.87. The number of halogens is 1. The molecule has 0 aliphatic carbocycles. The van der Waals surface area contributed by atoms with Gasteiger partial charge in [0, 0.05) is 26.1 Å². The first-order valence-electron chi connectivity index (χ1n) is 7.67. The summed E-state index contributed by atoms with van der Waals surface area (Å²) < 4.78 is 39.6. The van der Waals surface area contributed by atoms with E-state index in [9.17, 15) is 21.9 Å². The van der Waals surface area contributed by atoms with Crippen LogP contribution in [0.4, 0.5) is 8.68 Å². The fourth-order valence-corrected chi connectivity index (χ4v) is 2.95. The van der Waals surface area contributed by atoms with Gasteiger partial charge in [-0.2, -0.15) is 8.42 Å². The van der Waals surface area contributed by atoms with Gasteiger partial charge in [-0.25, -0.2) is 4.79 Å². The normalized spacial score (nSPS) is 19.0. The molecule has 1 heterocycles. The van der Waals surface area contributed by atoms with Gasteiger partial charge in [0.25, 0.3) is 0 Å². The lowest BCUT2D eigenvalue weighted by Gasteiger charge is -2.19. The van der Waals surface area contributed by atoms with Gasteiger partial charge in [0.05, 0.1) is 0 Å². The number of nitrogens with zero attached hydrogens (tertiary/aromatic N) is 1. The number of carbonyl (C=O) groups is 2. The maximum absolute atomic E-state index is 12.9. The molecule has 0 bridgehead atoms. The van der Waals surface area contributed by atoms with Gasteiger partial charge >= 0.3 is 16.3 Å². The molecule has 1 unspecified atom stereocenters. The quantitative estimate of drug-likeness (QED) is 0.555. The van der Waals surface area contributed by atoms with Gasteiger partial charge in [-0.15, -0.1) is 3.89 Å². The molecule has 0 aromatic carbocycles. The number of amides is 2. The van der Waals surface area contributed by atoms with Crippen molar-refractivity contribution in [1.29, 1.82) is 0 Å². The minimum atomic E-state index is -4.66. The van der Waals surface area contributed by atoms with Crippen LogP contribution in [0.1, 0.15) is 46.5 Å². The molecule has 0 aromatic rings. The van der Waals surface area contributed by atoms with Crippen LogP contribution >= 0.6 is 0 Å². The molecule has 7 nitrogen and oxygen atoms in total. The number of ether oxygens (including phenoxy) is 1. The van der Waals surface area contributed by atoms with E-state index in [1.54, 1.807) is 20.8 Å². The second-order valence-electron chi connectivity index (χ2n) is 6.63. The third kappa shape index (κ3) is 7.62. The average molecular weight is 352 g/mol. The minimum absolute atomic E-state index is 0.0756. The van der Waals surface area contributed by atoms with Crippen LogP contribution in [0.3, 0.4) is 0 Å². The summed E-state index contributed by atoms with van der Waals surface area (Å²) in [5, 5.41) is 1.40. The van der Waals surface area contributed by atoms with Crippen molar-refractivity contribution in [2.24, 2.45) is 0 Å². The summed E-state index contributed by atoms with van der Waals surface area (Å²) in [6.45, 7) is 6.13. The molecule has 1 N–H and O–H groups in total. The fraction of sp³-hybridized carbons (Fsp3) is 0.857. The standard InChI is InChI=1S/C14H25FN2O5S/c1-14(2,3)22-13(19)16-7-5-4-6-8-17-10-11(9-12(17)18)23(15,20)21/h11H,4-10H2,1-3H3,(H,16,19). The summed E-state index contributed by atoms with van der Waals surface area (Å²) in [5.41, 5.74) is -0.534. The van der Waals surface area contributed by atoms with Gasteiger partial charge in [0.15, 0.2) is 0 Å². The Morgan fingerprint density at radius 3 is 2.52 bits per heavy atom. The molecule has 0 saturated carbocycles. The van der Waals surface area contributed by atoms with Crippen LogP contribution in [0.25, 0.3) is 0 Å². The van der Waals surface area contributed by atoms with Crippen molar-refractivity contribution < 1.29 is 26.6 Å². The number of hydrogen-bond donors (Lipinski definition) is 1. The smallest absolute Gasteiger partial charge is 0.407 e. The first kappa shape index (κ1) is 19.7. The van der Waals surface area contributed by atoms with Crippen molar-refractivity contribution in [3.8, 4) is 0 Å². The zero-order valence-electron chi connectivity index (χ0n) is 13.8. The fourth-order valence-electron chi connectivity index (χ4n) is 2.25. The first-order chi connectivity index (χ1) is 10.5. The third-order valence-electron chi connectivity index (χ3n) is 3.35. The summed E-state index contributed by atoms with van der Waals surface area (Å²) in [6, 6.07) is 0. The van der Waals surface area contributed by atoms with Gasteiger partial charge in [-0.3, -0.25) is 4.79 Å². The van der Waals surface area contributed by atoms with E-state index in [4.69, 9.17) is 4.74 Å². The molecular formula is C14H25FN2O5S. The molecule has 1 aliphatic rings. The Hall–Kier alpha value is -1.38. The number of alkyl carbamates (subject to hydrolysis) is 1.